The molecule has 5 heteroatoms. The quantitative estimate of drug-likeness (QED) is 0.862. The van der Waals surface area contributed by atoms with Gasteiger partial charge in [0.2, 0.25) is 0 Å². The maximum absolute atomic E-state index is 12.4. The Morgan fingerprint density at radius 2 is 2.00 bits per heavy atom. The summed E-state index contributed by atoms with van der Waals surface area (Å²) in [6.07, 6.45) is 3.67. The molecule has 0 unspecified atom stereocenters. The highest BCUT2D eigenvalue weighted by Crippen LogP contribution is 2.16. The van der Waals surface area contributed by atoms with E-state index in [4.69, 9.17) is 5.73 Å². The maximum atomic E-state index is 12.4. The van der Waals surface area contributed by atoms with Crippen LogP contribution in [0.4, 0.5) is 0 Å². The smallest absolute Gasteiger partial charge is 0.254 e. The van der Waals surface area contributed by atoms with Crippen molar-refractivity contribution in [2.75, 3.05) is 13.3 Å². The number of rotatable bonds is 5. The van der Waals surface area contributed by atoms with Gasteiger partial charge in [-0.25, -0.2) is 0 Å². The number of hydrogen-bond acceptors (Lipinski definition) is 4. The zero-order valence-corrected chi connectivity index (χ0v) is 13.1. The lowest BCUT2D eigenvalue weighted by Crippen LogP contribution is -2.26. The summed E-state index contributed by atoms with van der Waals surface area (Å²) in [5.41, 5.74) is 8.00. The molecule has 4 nitrogen and oxygen atoms in total. The zero-order chi connectivity index (χ0) is 15.2. The molecule has 2 rings (SSSR count). The van der Waals surface area contributed by atoms with Crippen LogP contribution in [0.25, 0.3) is 0 Å². The van der Waals surface area contributed by atoms with Crippen molar-refractivity contribution in [1.82, 2.24) is 9.88 Å². The van der Waals surface area contributed by atoms with Gasteiger partial charge in [-0.3, -0.25) is 9.78 Å². The fourth-order valence-corrected chi connectivity index (χ4v) is 2.43. The molecule has 0 saturated carbocycles. The summed E-state index contributed by atoms with van der Waals surface area (Å²) in [6.45, 7) is 0.911. The van der Waals surface area contributed by atoms with Gasteiger partial charge in [-0.2, -0.15) is 0 Å². The van der Waals surface area contributed by atoms with Crippen molar-refractivity contribution in [2.24, 2.45) is 5.73 Å². The van der Waals surface area contributed by atoms with Gasteiger partial charge in [-0.15, -0.1) is 11.8 Å². The predicted octanol–water partition coefficient (Wildman–Crippen LogP) is 2.53. The summed E-state index contributed by atoms with van der Waals surface area (Å²) in [4.78, 5) is 19.4. The fourth-order valence-electron chi connectivity index (χ4n) is 2.02. The van der Waals surface area contributed by atoms with E-state index in [-0.39, 0.29) is 5.91 Å². The minimum Gasteiger partial charge on any atom is -0.337 e. The molecule has 1 aromatic heterocycles. The predicted molar refractivity (Wildman–Crippen MR) is 86.1 cm³/mol. The second-order valence-corrected chi connectivity index (χ2v) is 5.63. The van der Waals surface area contributed by atoms with Crippen LogP contribution in [0.5, 0.6) is 0 Å². The molecule has 21 heavy (non-hydrogen) atoms. The van der Waals surface area contributed by atoms with Crippen molar-refractivity contribution in [2.45, 2.75) is 18.0 Å². The van der Waals surface area contributed by atoms with Crippen molar-refractivity contribution >= 4 is 17.7 Å². The number of benzene rings is 1. The van der Waals surface area contributed by atoms with Crippen molar-refractivity contribution in [3.05, 3.63) is 59.4 Å². The molecule has 0 aliphatic heterocycles. The molecule has 1 amide bonds. The third-order valence-electron chi connectivity index (χ3n) is 3.20. The van der Waals surface area contributed by atoms with Crippen LogP contribution in [0, 0.1) is 0 Å². The number of hydrogen-bond donors (Lipinski definition) is 1. The lowest BCUT2D eigenvalue weighted by atomic mass is 10.1. The molecule has 1 heterocycles. The lowest BCUT2D eigenvalue weighted by molar-refractivity contribution is 0.0785. The SMILES string of the molecule is CSc1ccc(CN(C)C(=O)c2ccnc(CN)c2)cc1. The van der Waals surface area contributed by atoms with E-state index in [0.29, 0.717) is 18.7 Å². The van der Waals surface area contributed by atoms with Gasteiger partial charge in [-0.05, 0) is 36.1 Å². The first-order chi connectivity index (χ1) is 10.1. The second-order valence-electron chi connectivity index (χ2n) is 4.75. The number of nitrogens with two attached hydrogens (primary N) is 1. The molecule has 110 valence electrons. The van der Waals surface area contributed by atoms with E-state index < -0.39 is 0 Å². The van der Waals surface area contributed by atoms with Gasteiger partial charge in [0.25, 0.3) is 5.91 Å². The Morgan fingerprint density at radius 3 is 2.62 bits per heavy atom. The van der Waals surface area contributed by atoms with E-state index in [1.54, 1.807) is 42.0 Å². The van der Waals surface area contributed by atoms with E-state index in [2.05, 4.69) is 17.1 Å². The van der Waals surface area contributed by atoms with Crippen molar-refractivity contribution < 1.29 is 4.79 Å². The topological polar surface area (TPSA) is 59.2 Å². The van der Waals surface area contributed by atoms with Gasteiger partial charge >= 0.3 is 0 Å². The standard InChI is InChI=1S/C16H19N3OS/c1-19(11-12-3-5-15(21-2)6-4-12)16(20)13-7-8-18-14(9-13)10-17/h3-9H,10-11,17H2,1-2H3. The number of pyridine rings is 1. The Bertz CT molecular complexity index is 613. The van der Waals surface area contributed by atoms with E-state index >= 15 is 0 Å². The number of carbonyl (C=O) groups excluding carboxylic acids is 1. The van der Waals surface area contributed by atoms with Crippen LogP contribution >= 0.6 is 11.8 Å². The molecule has 0 aliphatic carbocycles. The number of aromatic nitrogens is 1. The van der Waals surface area contributed by atoms with Crippen molar-refractivity contribution in [1.29, 1.82) is 0 Å². The molecular formula is C16H19N3OS. The van der Waals surface area contributed by atoms with Gasteiger partial charge in [-0.1, -0.05) is 12.1 Å². The van der Waals surface area contributed by atoms with Gasteiger partial charge in [0.1, 0.15) is 0 Å². The average molecular weight is 301 g/mol. The highest BCUT2D eigenvalue weighted by atomic mass is 32.2. The van der Waals surface area contributed by atoms with Crippen LogP contribution in [0.15, 0.2) is 47.5 Å². The van der Waals surface area contributed by atoms with Crippen molar-refractivity contribution in [3.63, 3.8) is 0 Å². The fraction of sp³-hybridized carbons (Fsp3) is 0.250. The van der Waals surface area contributed by atoms with Crippen LogP contribution in [-0.2, 0) is 13.1 Å². The summed E-state index contributed by atoms with van der Waals surface area (Å²) >= 11 is 1.70. The molecule has 0 aliphatic rings. The summed E-state index contributed by atoms with van der Waals surface area (Å²) in [5, 5.41) is 0. The van der Waals surface area contributed by atoms with Crippen LogP contribution in [0.2, 0.25) is 0 Å². The number of carbonyl (C=O) groups is 1. The molecule has 0 spiro atoms. The molecule has 0 fully saturated rings. The first-order valence-electron chi connectivity index (χ1n) is 6.67. The summed E-state index contributed by atoms with van der Waals surface area (Å²) in [5.74, 6) is -0.0268. The third-order valence-corrected chi connectivity index (χ3v) is 3.94. The van der Waals surface area contributed by atoms with Gasteiger partial charge in [0.05, 0.1) is 5.69 Å². The molecule has 0 atom stereocenters. The van der Waals surface area contributed by atoms with Crippen LogP contribution in [0.1, 0.15) is 21.6 Å². The largest absolute Gasteiger partial charge is 0.337 e. The molecule has 2 aromatic rings. The Hall–Kier alpha value is -1.85. The van der Waals surface area contributed by atoms with Gasteiger partial charge < -0.3 is 10.6 Å². The van der Waals surface area contributed by atoms with Crippen LogP contribution in [0.3, 0.4) is 0 Å². The molecule has 0 bridgehead atoms. The molecule has 1 aromatic carbocycles. The molecule has 0 radical (unpaired) electrons. The highest BCUT2D eigenvalue weighted by Gasteiger charge is 2.12. The van der Waals surface area contributed by atoms with E-state index in [1.165, 1.54) is 4.90 Å². The molecule has 0 saturated heterocycles. The van der Waals surface area contributed by atoms with Crippen LogP contribution < -0.4 is 5.73 Å². The lowest BCUT2D eigenvalue weighted by Gasteiger charge is -2.17. The summed E-state index contributed by atoms with van der Waals surface area (Å²) in [6, 6.07) is 11.7. The van der Waals surface area contributed by atoms with E-state index in [1.807, 2.05) is 18.4 Å². The third kappa shape index (κ3) is 4.06. The summed E-state index contributed by atoms with van der Waals surface area (Å²) < 4.78 is 0. The van der Waals surface area contributed by atoms with Crippen LogP contribution in [-0.4, -0.2) is 29.1 Å². The number of thioether (sulfide) groups is 1. The highest BCUT2D eigenvalue weighted by molar-refractivity contribution is 7.98. The maximum Gasteiger partial charge on any atom is 0.254 e. The van der Waals surface area contributed by atoms with E-state index in [9.17, 15) is 4.79 Å². The number of amides is 1. The zero-order valence-electron chi connectivity index (χ0n) is 12.2. The van der Waals surface area contributed by atoms with Crippen molar-refractivity contribution in [3.8, 4) is 0 Å². The first-order valence-corrected chi connectivity index (χ1v) is 7.90. The molecule has 2 N–H and O–H groups in total. The Kier molecular flexibility index (Phi) is 5.36. The van der Waals surface area contributed by atoms with Gasteiger partial charge in [0, 0.05) is 36.8 Å². The van der Waals surface area contributed by atoms with E-state index in [0.717, 1.165) is 11.3 Å². The normalized spacial score (nSPS) is 10.4. The number of nitrogens with zero attached hydrogens (tertiary/aromatic N) is 2. The molecular weight excluding hydrogens is 282 g/mol. The monoisotopic (exact) mass is 301 g/mol. The minimum absolute atomic E-state index is 0.0268. The Labute approximate surface area is 129 Å². The Morgan fingerprint density at radius 1 is 1.29 bits per heavy atom. The minimum atomic E-state index is -0.0268. The second kappa shape index (κ2) is 7.24. The van der Waals surface area contributed by atoms with Gasteiger partial charge in [0.15, 0.2) is 0 Å². The Balaban J connectivity index is 2.07. The first kappa shape index (κ1) is 15.5. The average Bonchev–Trinajstić information content (AvgIpc) is 2.54. The summed E-state index contributed by atoms with van der Waals surface area (Å²) in [7, 11) is 1.80.